The summed E-state index contributed by atoms with van der Waals surface area (Å²) in [5.74, 6) is 2.16. The highest BCUT2D eigenvalue weighted by atomic mass is 32.2. The van der Waals surface area contributed by atoms with Gasteiger partial charge in [-0.2, -0.15) is 0 Å². The van der Waals surface area contributed by atoms with Crippen molar-refractivity contribution in [2.75, 3.05) is 70.7 Å². The average molecular weight is 689 g/mol. The summed E-state index contributed by atoms with van der Waals surface area (Å²) >= 11 is 1.44. The third kappa shape index (κ3) is 8.90. The summed E-state index contributed by atoms with van der Waals surface area (Å²) in [7, 11) is 2.50. The summed E-state index contributed by atoms with van der Waals surface area (Å²) in [6, 6.07) is 7.92. The zero-order valence-electron chi connectivity index (χ0n) is 29.5. The van der Waals surface area contributed by atoms with Crippen LogP contribution in [0.5, 0.6) is 5.75 Å². The Kier molecular flexibility index (Phi) is 12.0. The number of nitrogens with zero attached hydrogens (tertiary/aromatic N) is 6. The maximum atomic E-state index is 13.0. The summed E-state index contributed by atoms with van der Waals surface area (Å²) in [5.41, 5.74) is 3.76. The molecule has 2 atom stereocenters. The van der Waals surface area contributed by atoms with Gasteiger partial charge in [0.25, 0.3) is 0 Å². The lowest BCUT2D eigenvalue weighted by Crippen LogP contribution is -2.49. The van der Waals surface area contributed by atoms with Crippen LogP contribution >= 0.6 is 11.8 Å². The molecule has 47 heavy (non-hydrogen) atoms. The third-order valence-electron chi connectivity index (χ3n) is 9.52. The van der Waals surface area contributed by atoms with Crippen LogP contribution in [0.2, 0.25) is 0 Å². The lowest BCUT2D eigenvalue weighted by molar-refractivity contribution is 0.114. The van der Waals surface area contributed by atoms with E-state index in [4.69, 9.17) is 14.7 Å². The molecule has 1 aromatic heterocycles. The lowest BCUT2D eigenvalue weighted by atomic mass is 10.1. The molecule has 13 heteroatoms. The smallest absolute Gasteiger partial charge is 0.204 e. The second-order valence-electron chi connectivity index (χ2n) is 14.5. The van der Waals surface area contributed by atoms with E-state index in [1.807, 2.05) is 12.1 Å². The van der Waals surface area contributed by atoms with Crippen LogP contribution in [-0.4, -0.2) is 117 Å². The van der Waals surface area contributed by atoms with Gasteiger partial charge in [-0.25, -0.2) is 23.4 Å². The minimum absolute atomic E-state index is 0.0763. The molecule has 0 radical (unpaired) electrons. The van der Waals surface area contributed by atoms with E-state index in [0.29, 0.717) is 33.7 Å². The predicted octanol–water partition coefficient (Wildman–Crippen LogP) is 4.95. The Morgan fingerprint density at radius 2 is 1.68 bits per heavy atom. The second kappa shape index (κ2) is 15.6. The quantitative estimate of drug-likeness (QED) is 0.247. The number of aromatic nitrogens is 2. The molecule has 262 valence electrons. The fourth-order valence-electron chi connectivity index (χ4n) is 6.66. The standard InChI is InChI=1S/C34H56N8O3S2/c1-25-24-29(42(38-25)26-12-10-8-9-11-13-26)35-31-30(45-7)32(41-22-20-40(21-23-41)19-18-39(5)6)37-33(36-31)46-27-14-16-28(17-15-27)47(43,44)34(2,3)4/h14-17,25-26,29,38H,8-13,18-24H2,1-7H3,(H,35,36,37). The molecule has 2 aliphatic heterocycles. The van der Waals surface area contributed by atoms with Gasteiger partial charge in [-0.1, -0.05) is 25.7 Å². The first-order valence-electron chi connectivity index (χ1n) is 17.3. The number of hydrogen-bond acceptors (Lipinski definition) is 12. The van der Waals surface area contributed by atoms with Gasteiger partial charge in [-0.05, 0) is 97.1 Å². The van der Waals surface area contributed by atoms with Crippen molar-refractivity contribution in [2.24, 2.45) is 0 Å². The molecule has 3 fully saturated rings. The predicted molar refractivity (Wildman–Crippen MR) is 191 cm³/mol. The Morgan fingerprint density at radius 3 is 2.28 bits per heavy atom. The fraction of sp³-hybridized carbons (Fsp3) is 0.706. The van der Waals surface area contributed by atoms with Crippen LogP contribution < -0.4 is 20.4 Å². The molecule has 0 spiro atoms. The number of rotatable bonds is 11. The van der Waals surface area contributed by atoms with Crippen LogP contribution in [0, 0.1) is 0 Å². The van der Waals surface area contributed by atoms with Gasteiger partial charge in [0.2, 0.25) is 5.75 Å². The number of piperazine rings is 1. The molecule has 0 amide bonds. The van der Waals surface area contributed by atoms with Gasteiger partial charge in [-0.3, -0.25) is 10.3 Å². The fourth-order valence-corrected chi connectivity index (χ4v) is 8.62. The summed E-state index contributed by atoms with van der Waals surface area (Å²) in [6.45, 7) is 13.1. The highest BCUT2D eigenvalue weighted by Crippen LogP contribution is 2.39. The monoisotopic (exact) mass is 688 g/mol. The van der Waals surface area contributed by atoms with Crippen molar-refractivity contribution < 1.29 is 13.2 Å². The first kappa shape index (κ1) is 36.1. The largest absolute Gasteiger partial charge is 0.490 e. The number of ether oxygens (including phenoxy) is 1. The van der Waals surface area contributed by atoms with E-state index in [2.05, 4.69) is 51.5 Å². The molecule has 1 aliphatic carbocycles. The van der Waals surface area contributed by atoms with E-state index in [0.717, 1.165) is 56.4 Å². The van der Waals surface area contributed by atoms with E-state index in [1.54, 1.807) is 40.0 Å². The number of methoxy groups -OCH3 is 1. The van der Waals surface area contributed by atoms with Gasteiger partial charge < -0.3 is 19.9 Å². The van der Waals surface area contributed by atoms with Crippen molar-refractivity contribution >= 4 is 33.2 Å². The van der Waals surface area contributed by atoms with Crippen molar-refractivity contribution in [3.63, 3.8) is 0 Å². The van der Waals surface area contributed by atoms with E-state index < -0.39 is 14.6 Å². The molecule has 3 heterocycles. The molecule has 3 aliphatic rings. The Morgan fingerprint density at radius 1 is 1.02 bits per heavy atom. The first-order chi connectivity index (χ1) is 22.4. The van der Waals surface area contributed by atoms with Crippen molar-refractivity contribution in [2.45, 2.75) is 111 Å². The van der Waals surface area contributed by atoms with Crippen LogP contribution in [0.25, 0.3) is 0 Å². The van der Waals surface area contributed by atoms with Crippen LogP contribution in [0.3, 0.4) is 0 Å². The summed E-state index contributed by atoms with van der Waals surface area (Å²) in [4.78, 5) is 18.4. The Labute approximate surface area is 287 Å². The van der Waals surface area contributed by atoms with Gasteiger partial charge in [0, 0.05) is 56.2 Å². The van der Waals surface area contributed by atoms with Gasteiger partial charge in [0.15, 0.2) is 26.6 Å². The molecule has 2 saturated heterocycles. The van der Waals surface area contributed by atoms with Gasteiger partial charge in [-0.15, -0.1) is 0 Å². The topological polar surface area (TPSA) is 106 Å². The normalized spacial score (nSPS) is 22.5. The van der Waals surface area contributed by atoms with Crippen LogP contribution in [0.4, 0.5) is 11.6 Å². The van der Waals surface area contributed by atoms with E-state index in [1.165, 1.54) is 50.3 Å². The van der Waals surface area contributed by atoms with Crippen molar-refractivity contribution in [3.05, 3.63) is 24.3 Å². The zero-order valence-corrected chi connectivity index (χ0v) is 31.1. The van der Waals surface area contributed by atoms with Crippen molar-refractivity contribution in [1.82, 2.24) is 30.2 Å². The number of likely N-dealkylation sites (N-methyl/N-ethyl adjacent to an activating group) is 1. The second-order valence-corrected chi connectivity index (χ2v) is 18.3. The molecular formula is C34H56N8O3S2. The number of hydrogen-bond donors (Lipinski definition) is 2. The molecular weight excluding hydrogens is 633 g/mol. The Hall–Kier alpha value is -2.16. The SMILES string of the molecule is COc1c(NC2CC(C)NN2C2CCCCCC2)nc(Sc2ccc(S(=O)(=O)C(C)(C)C)cc2)nc1N1CCN(CCN(C)C)CC1. The average Bonchev–Trinajstić information content (AvgIpc) is 3.20. The van der Waals surface area contributed by atoms with Crippen LogP contribution in [0.1, 0.15) is 72.6 Å². The molecule has 2 unspecified atom stereocenters. The van der Waals surface area contributed by atoms with Crippen LogP contribution in [0.15, 0.2) is 39.2 Å². The lowest BCUT2D eigenvalue weighted by Gasteiger charge is -2.37. The highest BCUT2D eigenvalue weighted by molar-refractivity contribution is 7.99. The minimum Gasteiger partial charge on any atom is -0.490 e. The molecule has 11 nitrogen and oxygen atoms in total. The van der Waals surface area contributed by atoms with Crippen LogP contribution in [-0.2, 0) is 9.84 Å². The van der Waals surface area contributed by atoms with E-state index in [9.17, 15) is 8.42 Å². The molecule has 1 aromatic carbocycles. The summed E-state index contributed by atoms with van der Waals surface area (Å²) in [6.07, 6.45) is 8.58. The van der Waals surface area contributed by atoms with Gasteiger partial charge in [0.05, 0.1) is 22.9 Å². The van der Waals surface area contributed by atoms with Crippen molar-refractivity contribution in [1.29, 1.82) is 0 Å². The van der Waals surface area contributed by atoms with Crippen molar-refractivity contribution in [3.8, 4) is 5.75 Å². The minimum atomic E-state index is -3.44. The Bertz CT molecular complexity index is 1420. The number of sulfone groups is 1. The Balaban J connectivity index is 1.44. The van der Waals surface area contributed by atoms with Gasteiger partial charge in [0.1, 0.15) is 0 Å². The van der Waals surface area contributed by atoms with E-state index >= 15 is 0 Å². The molecule has 0 bridgehead atoms. The number of benzene rings is 1. The molecule has 1 saturated carbocycles. The zero-order chi connectivity index (χ0) is 33.8. The molecule has 2 N–H and O–H groups in total. The first-order valence-corrected chi connectivity index (χ1v) is 19.6. The van der Waals surface area contributed by atoms with E-state index in [-0.39, 0.29) is 6.17 Å². The maximum Gasteiger partial charge on any atom is 0.204 e. The number of hydrazine groups is 1. The molecule has 5 rings (SSSR count). The van der Waals surface area contributed by atoms with Gasteiger partial charge >= 0.3 is 0 Å². The summed E-state index contributed by atoms with van der Waals surface area (Å²) in [5, 5.41) is 6.85. The third-order valence-corrected chi connectivity index (χ3v) is 12.9. The highest BCUT2D eigenvalue weighted by Gasteiger charge is 2.36. The maximum absolute atomic E-state index is 13.0. The number of anilines is 2. The number of nitrogens with one attached hydrogen (secondary N) is 2. The summed E-state index contributed by atoms with van der Waals surface area (Å²) < 4.78 is 31.3. The molecule has 2 aromatic rings.